The zero-order chi connectivity index (χ0) is 26.0. The van der Waals surface area contributed by atoms with Gasteiger partial charge in [-0.25, -0.2) is 9.37 Å². The number of nitrogens with zero attached hydrogens (tertiary/aromatic N) is 2. The minimum atomic E-state index is -0.816. The molecule has 4 fully saturated rings. The lowest BCUT2D eigenvalue weighted by Gasteiger charge is -2.56. The maximum absolute atomic E-state index is 13.7. The fourth-order valence-electron chi connectivity index (χ4n) is 5.61. The normalized spacial score (nSPS) is 27.0. The van der Waals surface area contributed by atoms with E-state index in [0.29, 0.717) is 56.6 Å². The van der Waals surface area contributed by atoms with Gasteiger partial charge >= 0.3 is 0 Å². The van der Waals surface area contributed by atoms with E-state index in [1.54, 1.807) is 25.1 Å². The zero-order valence-electron chi connectivity index (χ0n) is 21.0. The van der Waals surface area contributed by atoms with Crippen LogP contribution in [0.3, 0.4) is 0 Å². The number of hydrogen-bond donors (Lipinski definition) is 3. The highest BCUT2D eigenvalue weighted by Gasteiger charge is 2.55. The van der Waals surface area contributed by atoms with Crippen LogP contribution >= 0.6 is 0 Å². The van der Waals surface area contributed by atoms with Crippen molar-refractivity contribution in [3.63, 3.8) is 0 Å². The lowest BCUT2D eigenvalue weighted by Crippen LogP contribution is -2.70. The smallest absolute Gasteiger partial charge is 0.270 e. The van der Waals surface area contributed by atoms with E-state index < -0.39 is 23.0 Å². The van der Waals surface area contributed by atoms with Gasteiger partial charge in [-0.15, -0.1) is 0 Å². The number of ether oxygens (including phenoxy) is 2. The molecule has 0 radical (unpaired) electrons. The van der Waals surface area contributed by atoms with E-state index in [4.69, 9.17) is 9.47 Å². The van der Waals surface area contributed by atoms with Gasteiger partial charge in [-0.05, 0) is 62.8 Å². The number of aromatic nitrogens is 1. The second-order valence-electron chi connectivity index (χ2n) is 10.3. The molecule has 2 amide bonds. The minimum absolute atomic E-state index is 0.264. The Kier molecular flexibility index (Phi) is 7.04. The van der Waals surface area contributed by atoms with Crippen molar-refractivity contribution in [2.24, 2.45) is 0 Å². The molecular weight excluding hydrogens is 479 g/mol. The minimum Gasteiger partial charge on any atom is -0.484 e. The molecule has 10 heteroatoms. The summed E-state index contributed by atoms with van der Waals surface area (Å²) in [5.74, 6) is -0.00956. The van der Waals surface area contributed by atoms with Gasteiger partial charge in [0.25, 0.3) is 11.8 Å². The molecule has 2 heterocycles. The summed E-state index contributed by atoms with van der Waals surface area (Å²) >= 11 is 0. The van der Waals surface area contributed by atoms with Gasteiger partial charge in [-0.1, -0.05) is 12.1 Å². The highest BCUT2D eigenvalue weighted by atomic mass is 19.1. The third kappa shape index (κ3) is 5.40. The number of amides is 2. The Hall–Kier alpha value is -3.24. The van der Waals surface area contributed by atoms with Crippen LogP contribution in [0.15, 0.2) is 36.4 Å². The number of hydrogen-bond acceptors (Lipinski definition) is 7. The van der Waals surface area contributed by atoms with Gasteiger partial charge in [-0.2, -0.15) is 0 Å². The fraction of sp³-hybridized carbons (Fsp3) is 0.519. The molecule has 0 spiro atoms. The second-order valence-corrected chi connectivity index (χ2v) is 10.3. The number of halogens is 1. The first-order chi connectivity index (χ1) is 17.8. The molecule has 1 saturated heterocycles. The maximum atomic E-state index is 13.7. The molecule has 1 atom stereocenters. The topological polar surface area (TPSA) is 113 Å². The van der Waals surface area contributed by atoms with Crippen molar-refractivity contribution in [1.82, 2.24) is 15.6 Å². The van der Waals surface area contributed by atoms with Crippen molar-refractivity contribution in [2.75, 3.05) is 37.8 Å². The molecule has 4 aliphatic rings. The van der Waals surface area contributed by atoms with Crippen molar-refractivity contribution in [1.29, 1.82) is 0 Å². The van der Waals surface area contributed by atoms with E-state index >= 15 is 0 Å². The number of anilines is 1. The molecule has 2 bridgehead atoms. The average Bonchev–Trinajstić information content (AvgIpc) is 2.91. The van der Waals surface area contributed by atoms with Crippen molar-refractivity contribution in [3.05, 3.63) is 53.5 Å². The number of rotatable bonds is 7. The fourth-order valence-corrected chi connectivity index (χ4v) is 5.61. The number of fused-ring (bicyclic) bond motifs is 3. The van der Waals surface area contributed by atoms with Crippen LogP contribution < -0.4 is 20.3 Å². The highest BCUT2D eigenvalue weighted by Crippen LogP contribution is 2.47. The molecular formula is C27H33FN4O5. The predicted molar refractivity (Wildman–Crippen MR) is 134 cm³/mol. The molecule has 3 N–H and O–H groups in total. The summed E-state index contributed by atoms with van der Waals surface area (Å²) in [6.45, 7) is 4.11. The Morgan fingerprint density at radius 3 is 2.62 bits per heavy atom. The van der Waals surface area contributed by atoms with E-state index in [1.165, 1.54) is 6.07 Å². The van der Waals surface area contributed by atoms with Gasteiger partial charge < -0.3 is 30.1 Å². The van der Waals surface area contributed by atoms with Gasteiger partial charge in [0.05, 0.1) is 24.9 Å². The number of carbonyl (C=O) groups is 2. The third-order valence-corrected chi connectivity index (χ3v) is 7.90. The lowest BCUT2D eigenvalue weighted by molar-refractivity contribution is -0.132. The number of benzene rings is 1. The Bertz CT molecular complexity index is 1160. The first kappa shape index (κ1) is 25.4. The van der Waals surface area contributed by atoms with Crippen molar-refractivity contribution in [2.45, 2.75) is 56.2 Å². The van der Waals surface area contributed by atoms with E-state index in [-0.39, 0.29) is 24.2 Å². The Balaban J connectivity index is 1.17. The van der Waals surface area contributed by atoms with Crippen LogP contribution in [0.1, 0.15) is 48.2 Å². The van der Waals surface area contributed by atoms with Crippen LogP contribution in [0.25, 0.3) is 0 Å². The molecule has 3 saturated carbocycles. The lowest BCUT2D eigenvalue weighted by atomic mass is 9.60. The van der Waals surface area contributed by atoms with E-state index in [1.807, 2.05) is 12.1 Å². The Morgan fingerprint density at radius 2 is 1.92 bits per heavy atom. The van der Waals surface area contributed by atoms with Gasteiger partial charge in [0, 0.05) is 24.7 Å². The van der Waals surface area contributed by atoms with Gasteiger partial charge in [0.15, 0.2) is 6.61 Å². The van der Waals surface area contributed by atoms with Crippen LogP contribution in [0.5, 0.6) is 5.75 Å². The molecule has 1 aromatic heterocycles. The summed E-state index contributed by atoms with van der Waals surface area (Å²) in [6.07, 6.45) is 1.84. The summed E-state index contributed by atoms with van der Waals surface area (Å²) in [4.78, 5) is 32.5. The van der Waals surface area contributed by atoms with Crippen molar-refractivity contribution in [3.8, 4) is 5.75 Å². The van der Waals surface area contributed by atoms with Crippen LogP contribution in [-0.2, 0) is 9.53 Å². The number of aryl methyl sites for hydroxylation is 1. The average molecular weight is 513 g/mol. The van der Waals surface area contributed by atoms with Crippen molar-refractivity contribution >= 4 is 17.6 Å². The number of aliphatic hydroxyl groups excluding tert-OH is 1. The molecule has 1 aliphatic heterocycles. The monoisotopic (exact) mass is 512 g/mol. The number of aliphatic hydroxyl groups is 1. The number of nitrogens with one attached hydrogen (secondary N) is 2. The van der Waals surface area contributed by atoms with Crippen molar-refractivity contribution < 1.29 is 28.6 Å². The summed E-state index contributed by atoms with van der Waals surface area (Å²) < 4.78 is 24.6. The third-order valence-electron chi connectivity index (χ3n) is 7.90. The maximum Gasteiger partial charge on any atom is 0.270 e. The molecule has 1 unspecified atom stereocenters. The van der Waals surface area contributed by atoms with E-state index in [0.717, 1.165) is 18.9 Å². The predicted octanol–water partition coefficient (Wildman–Crippen LogP) is 2.11. The first-order valence-electron chi connectivity index (χ1n) is 12.8. The summed E-state index contributed by atoms with van der Waals surface area (Å²) in [7, 11) is 0. The molecule has 3 aliphatic carbocycles. The molecule has 6 rings (SSSR count). The van der Waals surface area contributed by atoms with Crippen LogP contribution in [0.4, 0.5) is 10.2 Å². The molecule has 2 aromatic rings. The van der Waals surface area contributed by atoms with E-state index in [2.05, 4.69) is 20.5 Å². The molecule has 9 nitrogen and oxygen atoms in total. The first-order valence-corrected chi connectivity index (χ1v) is 12.8. The molecule has 198 valence electrons. The van der Waals surface area contributed by atoms with Gasteiger partial charge in [0.1, 0.15) is 23.1 Å². The summed E-state index contributed by atoms with van der Waals surface area (Å²) in [5.41, 5.74) is -0.470. The van der Waals surface area contributed by atoms with Crippen LogP contribution in [0, 0.1) is 12.7 Å². The zero-order valence-corrected chi connectivity index (χ0v) is 21.0. The molecule has 37 heavy (non-hydrogen) atoms. The standard InChI is InChI=1S/C27H33FN4O5/c1-18-5-6-19(15-20(18)28)37-17-24(34)30-27-9-7-26(8-10-27,16-22(27)33)31-25(35)21-3-2-4-23(29-21)32-11-13-36-14-12-32/h2-6,15,22,33H,7-14,16-17H2,1H3,(H,30,34)(H,31,35). The molecule has 1 aromatic carbocycles. The van der Waals surface area contributed by atoms with E-state index in [9.17, 15) is 19.1 Å². The van der Waals surface area contributed by atoms with Crippen LogP contribution in [-0.4, -0.2) is 72.0 Å². The largest absolute Gasteiger partial charge is 0.484 e. The number of morpholine rings is 1. The van der Waals surface area contributed by atoms with Crippen LogP contribution in [0.2, 0.25) is 0 Å². The number of carbonyl (C=O) groups excluding carboxylic acids is 2. The van der Waals surface area contributed by atoms with Gasteiger partial charge in [-0.3, -0.25) is 9.59 Å². The summed E-state index contributed by atoms with van der Waals surface area (Å²) in [6, 6.07) is 9.87. The Morgan fingerprint density at radius 1 is 1.16 bits per heavy atom. The number of pyridine rings is 1. The Labute approximate surface area is 215 Å². The SMILES string of the molecule is Cc1ccc(OCC(=O)NC23CCC(NC(=O)c4cccc(N5CCOCC5)n4)(CC2)CC3O)cc1F. The highest BCUT2D eigenvalue weighted by molar-refractivity contribution is 5.93. The second kappa shape index (κ2) is 10.3. The van der Waals surface area contributed by atoms with Gasteiger partial charge in [0.2, 0.25) is 0 Å². The quantitative estimate of drug-likeness (QED) is 0.521. The summed E-state index contributed by atoms with van der Waals surface area (Å²) in [5, 5.41) is 17.1.